The number of ether oxygens (including phenoxy) is 2. The quantitative estimate of drug-likeness (QED) is 0.465. The first-order valence-corrected chi connectivity index (χ1v) is 9.43. The third kappa shape index (κ3) is 7.27. The highest BCUT2D eigenvalue weighted by Gasteiger charge is 2.13. The van der Waals surface area contributed by atoms with Gasteiger partial charge in [-0.2, -0.15) is 0 Å². The Kier molecular flexibility index (Phi) is 8.79. The Bertz CT molecular complexity index is 769. The fourth-order valence-corrected chi connectivity index (χ4v) is 2.68. The molecule has 0 spiro atoms. The molecule has 28 heavy (non-hydrogen) atoms. The number of benzene rings is 2. The molecule has 2 aromatic rings. The third-order valence-corrected chi connectivity index (χ3v) is 4.25. The monoisotopic (exact) mass is 381 g/mol. The van der Waals surface area contributed by atoms with E-state index in [1.165, 1.54) is 0 Å². The van der Waals surface area contributed by atoms with Gasteiger partial charge < -0.3 is 14.4 Å². The maximum atomic E-state index is 12.7. The van der Waals surface area contributed by atoms with Crippen LogP contribution in [0.2, 0.25) is 0 Å². The summed E-state index contributed by atoms with van der Waals surface area (Å²) in [6.07, 6.45) is 4.21. The van der Waals surface area contributed by atoms with Gasteiger partial charge in [0.05, 0.1) is 20.1 Å². The highest BCUT2D eigenvalue weighted by atomic mass is 16.5. The van der Waals surface area contributed by atoms with Crippen molar-refractivity contribution in [3.8, 4) is 5.75 Å². The predicted molar refractivity (Wildman–Crippen MR) is 110 cm³/mol. The molecule has 0 heterocycles. The summed E-state index contributed by atoms with van der Waals surface area (Å²) < 4.78 is 10.2. The van der Waals surface area contributed by atoms with E-state index in [-0.39, 0.29) is 18.3 Å². The maximum absolute atomic E-state index is 12.7. The SMILES string of the molecule is CCOC(=O)CCN(CCc1ccc(OC)cc1)C(=O)/C=C/c1ccccc1. The molecule has 0 aliphatic carbocycles. The van der Waals surface area contributed by atoms with Crippen molar-refractivity contribution in [1.29, 1.82) is 0 Å². The van der Waals surface area contributed by atoms with Crippen molar-refractivity contribution in [2.75, 3.05) is 26.8 Å². The van der Waals surface area contributed by atoms with Crippen LogP contribution in [-0.4, -0.2) is 43.6 Å². The standard InChI is InChI=1S/C23H27NO4/c1-3-28-23(26)16-18-24(17-15-20-9-12-21(27-2)13-10-20)22(25)14-11-19-7-5-4-6-8-19/h4-14H,3,15-18H2,1-2H3/b14-11+. The second-order valence-electron chi connectivity index (χ2n) is 6.22. The number of nitrogens with zero attached hydrogens (tertiary/aromatic N) is 1. The number of methoxy groups -OCH3 is 1. The first-order chi connectivity index (χ1) is 13.6. The van der Waals surface area contributed by atoms with Crippen LogP contribution in [0.1, 0.15) is 24.5 Å². The molecule has 0 saturated heterocycles. The van der Waals surface area contributed by atoms with Gasteiger partial charge in [-0.05, 0) is 42.7 Å². The Balaban J connectivity index is 2.00. The minimum Gasteiger partial charge on any atom is -0.497 e. The van der Waals surface area contributed by atoms with Gasteiger partial charge in [-0.25, -0.2) is 0 Å². The fraction of sp³-hybridized carbons (Fsp3) is 0.304. The van der Waals surface area contributed by atoms with Gasteiger partial charge >= 0.3 is 5.97 Å². The Morgan fingerprint density at radius 2 is 1.71 bits per heavy atom. The highest BCUT2D eigenvalue weighted by molar-refractivity contribution is 5.92. The normalized spacial score (nSPS) is 10.6. The van der Waals surface area contributed by atoms with Gasteiger partial charge in [-0.15, -0.1) is 0 Å². The molecule has 0 fully saturated rings. The second-order valence-corrected chi connectivity index (χ2v) is 6.22. The zero-order chi connectivity index (χ0) is 20.2. The first kappa shape index (κ1) is 21.2. The van der Waals surface area contributed by atoms with Crippen LogP contribution in [0, 0.1) is 0 Å². The molecule has 2 aromatic carbocycles. The molecule has 0 aliphatic rings. The lowest BCUT2D eigenvalue weighted by Crippen LogP contribution is -2.33. The molecule has 0 bridgehead atoms. The highest BCUT2D eigenvalue weighted by Crippen LogP contribution is 2.12. The van der Waals surface area contributed by atoms with Gasteiger partial charge in [-0.1, -0.05) is 42.5 Å². The van der Waals surface area contributed by atoms with E-state index >= 15 is 0 Å². The minimum atomic E-state index is -0.295. The molecule has 0 saturated carbocycles. The molecule has 1 amide bonds. The van der Waals surface area contributed by atoms with Crippen molar-refractivity contribution >= 4 is 18.0 Å². The molecular formula is C23H27NO4. The lowest BCUT2D eigenvalue weighted by atomic mass is 10.1. The van der Waals surface area contributed by atoms with Crippen LogP contribution in [0.5, 0.6) is 5.75 Å². The molecule has 2 rings (SSSR count). The van der Waals surface area contributed by atoms with E-state index < -0.39 is 0 Å². The zero-order valence-corrected chi connectivity index (χ0v) is 16.5. The molecular weight excluding hydrogens is 354 g/mol. The lowest BCUT2D eigenvalue weighted by molar-refractivity contribution is -0.143. The molecule has 0 N–H and O–H groups in total. The third-order valence-electron chi connectivity index (χ3n) is 4.25. The largest absolute Gasteiger partial charge is 0.497 e. The Morgan fingerprint density at radius 1 is 1.00 bits per heavy atom. The van der Waals surface area contributed by atoms with Gasteiger partial charge in [0.2, 0.25) is 5.91 Å². The first-order valence-electron chi connectivity index (χ1n) is 9.43. The molecule has 0 unspecified atom stereocenters. The summed E-state index contributed by atoms with van der Waals surface area (Å²) in [5.41, 5.74) is 2.05. The van der Waals surface area contributed by atoms with Crippen LogP contribution < -0.4 is 4.74 Å². The van der Waals surface area contributed by atoms with E-state index in [4.69, 9.17) is 9.47 Å². The van der Waals surface area contributed by atoms with E-state index in [1.54, 1.807) is 31.1 Å². The van der Waals surface area contributed by atoms with E-state index in [2.05, 4.69) is 0 Å². The number of esters is 1. The summed E-state index contributed by atoms with van der Waals surface area (Å²) in [5.74, 6) is 0.378. The van der Waals surface area contributed by atoms with Crippen molar-refractivity contribution in [1.82, 2.24) is 4.90 Å². The van der Waals surface area contributed by atoms with Crippen molar-refractivity contribution in [2.24, 2.45) is 0 Å². The zero-order valence-electron chi connectivity index (χ0n) is 16.5. The van der Waals surface area contributed by atoms with E-state index in [9.17, 15) is 9.59 Å². The number of amides is 1. The number of carbonyl (C=O) groups excluding carboxylic acids is 2. The van der Waals surface area contributed by atoms with E-state index in [1.807, 2.05) is 54.6 Å². The van der Waals surface area contributed by atoms with Crippen LogP contribution in [0.4, 0.5) is 0 Å². The number of carbonyl (C=O) groups is 2. The van der Waals surface area contributed by atoms with Gasteiger partial charge in [-0.3, -0.25) is 9.59 Å². The molecule has 5 nitrogen and oxygen atoms in total. The molecule has 0 aromatic heterocycles. The molecule has 0 atom stereocenters. The lowest BCUT2D eigenvalue weighted by Gasteiger charge is -2.21. The summed E-state index contributed by atoms with van der Waals surface area (Å²) >= 11 is 0. The van der Waals surface area contributed by atoms with Gasteiger partial charge in [0.1, 0.15) is 5.75 Å². The number of hydrogen-bond donors (Lipinski definition) is 0. The van der Waals surface area contributed by atoms with Gasteiger partial charge in [0.15, 0.2) is 0 Å². The Labute approximate surface area is 166 Å². The smallest absolute Gasteiger partial charge is 0.307 e. The van der Waals surface area contributed by atoms with E-state index in [0.29, 0.717) is 26.1 Å². The number of rotatable bonds is 10. The number of hydrogen-bond acceptors (Lipinski definition) is 4. The summed E-state index contributed by atoms with van der Waals surface area (Å²) in [5, 5.41) is 0. The van der Waals surface area contributed by atoms with Crippen molar-refractivity contribution in [2.45, 2.75) is 19.8 Å². The fourth-order valence-electron chi connectivity index (χ4n) is 2.68. The molecule has 5 heteroatoms. The van der Waals surface area contributed by atoms with E-state index in [0.717, 1.165) is 16.9 Å². The average Bonchev–Trinajstić information content (AvgIpc) is 2.73. The van der Waals surface area contributed by atoms with Crippen molar-refractivity contribution in [3.63, 3.8) is 0 Å². The Hall–Kier alpha value is -3.08. The Morgan fingerprint density at radius 3 is 2.36 bits per heavy atom. The van der Waals surface area contributed by atoms with Crippen LogP contribution >= 0.6 is 0 Å². The summed E-state index contributed by atoms with van der Waals surface area (Å²) in [4.78, 5) is 26.1. The topological polar surface area (TPSA) is 55.8 Å². The van der Waals surface area contributed by atoms with Gasteiger partial charge in [0, 0.05) is 19.2 Å². The molecule has 148 valence electrons. The van der Waals surface area contributed by atoms with Gasteiger partial charge in [0.25, 0.3) is 0 Å². The summed E-state index contributed by atoms with van der Waals surface area (Å²) in [6.45, 7) is 2.95. The molecule has 0 radical (unpaired) electrons. The predicted octanol–water partition coefficient (Wildman–Crippen LogP) is 3.73. The van der Waals surface area contributed by atoms with Crippen LogP contribution in [0.3, 0.4) is 0 Å². The van der Waals surface area contributed by atoms with Crippen LogP contribution in [-0.2, 0) is 20.7 Å². The van der Waals surface area contributed by atoms with Crippen LogP contribution in [0.25, 0.3) is 6.08 Å². The van der Waals surface area contributed by atoms with Crippen LogP contribution in [0.15, 0.2) is 60.7 Å². The summed E-state index contributed by atoms with van der Waals surface area (Å²) in [7, 11) is 1.63. The second kappa shape index (κ2) is 11.6. The minimum absolute atomic E-state index is 0.123. The molecule has 0 aliphatic heterocycles. The maximum Gasteiger partial charge on any atom is 0.307 e. The van der Waals surface area contributed by atoms with Crippen molar-refractivity contribution in [3.05, 3.63) is 71.8 Å². The average molecular weight is 381 g/mol. The summed E-state index contributed by atoms with van der Waals surface area (Å²) in [6, 6.07) is 17.4. The van der Waals surface area contributed by atoms with Crippen molar-refractivity contribution < 1.29 is 19.1 Å².